The topological polar surface area (TPSA) is 75.3 Å². The average Bonchev–Trinajstić information content (AvgIpc) is 2.45. The maximum atomic E-state index is 12.0. The number of benzene rings is 1. The summed E-state index contributed by atoms with van der Waals surface area (Å²) in [5.74, 6) is 0.233. The van der Waals surface area contributed by atoms with Crippen LogP contribution in [-0.2, 0) is 10.0 Å². The molecule has 0 spiro atoms. The van der Waals surface area contributed by atoms with Crippen LogP contribution in [0.5, 0.6) is 0 Å². The third-order valence-corrected chi connectivity index (χ3v) is 4.25. The Kier molecular flexibility index (Phi) is 6.58. The molecule has 0 aliphatic heterocycles. The van der Waals surface area contributed by atoms with E-state index in [9.17, 15) is 13.2 Å². The summed E-state index contributed by atoms with van der Waals surface area (Å²) in [4.78, 5) is 12.0. The molecule has 1 rings (SSSR count). The van der Waals surface area contributed by atoms with Gasteiger partial charge in [-0.2, -0.15) is 0 Å². The Balaban J connectivity index is 2.80. The van der Waals surface area contributed by atoms with E-state index in [-0.39, 0.29) is 17.3 Å². The second-order valence-electron chi connectivity index (χ2n) is 5.11. The lowest BCUT2D eigenvalue weighted by Gasteiger charge is -2.09. The average molecular weight is 310 g/mol. The molecule has 1 aromatic rings. The van der Waals surface area contributed by atoms with Crippen molar-refractivity contribution in [1.29, 1.82) is 0 Å². The Morgan fingerprint density at radius 3 is 2.71 bits per heavy atom. The first-order valence-electron chi connectivity index (χ1n) is 6.85. The molecule has 0 saturated heterocycles. The first-order chi connectivity index (χ1) is 9.86. The molecule has 6 heteroatoms. The Morgan fingerprint density at radius 2 is 2.10 bits per heavy atom. The predicted molar refractivity (Wildman–Crippen MR) is 83.6 cm³/mol. The lowest BCUT2D eigenvalue weighted by Crippen LogP contribution is -2.27. The molecule has 2 N–H and O–H groups in total. The third-order valence-electron chi connectivity index (χ3n) is 2.83. The minimum Gasteiger partial charge on any atom is -0.352 e. The quantitative estimate of drug-likeness (QED) is 0.720. The van der Waals surface area contributed by atoms with Crippen LogP contribution in [0.15, 0.2) is 41.8 Å². The van der Waals surface area contributed by atoms with Gasteiger partial charge < -0.3 is 5.32 Å². The van der Waals surface area contributed by atoms with Gasteiger partial charge in [0.1, 0.15) is 0 Å². The van der Waals surface area contributed by atoms with Crippen LogP contribution in [0.25, 0.3) is 0 Å². The van der Waals surface area contributed by atoms with E-state index in [2.05, 4.69) is 30.5 Å². The molecule has 0 aromatic heterocycles. The van der Waals surface area contributed by atoms with Gasteiger partial charge in [0.15, 0.2) is 0 Å². The molecule has 0 aliphatic rings. The Hall–Kier alpha value is -1.66. The van der Waals surface area contributed by atoms with Gasteiger partial charge in [-0.25, -0.2) is 13.1 Å². The summed E-state index contributed by atoms with van der Waals surface area (Å²) in [5, 5.41) is 2.78. The number of rotatable bonds is 8. The summed E-state index contributed by atoms with van der Waals surface area (Å²) < 4.78 is 26.3. The van der Waals surface area contributed by atoms with Crippen molar-refractivity contribution in [1.82, 2.24) is 10.0 Å². The first kappa shape index (κ1) is 17.4. The monoisotopic (exact) mass is 310 g/mol. The predicted octanol–water partition coefficient (Wildman–Crippen LogP) is 1.93. The van der Waals surface area contributed by atoms with Gasteiger partial charge in [-0.15, -0.1) is 6.58 Å². The number of carbonyl (C=O) groups is 1. The van der Waals surface area contributed by atoms with E-state index in [1.165, 1.54) is 18.2 Å². The second kappa shape index (κ2) is 7.95. The molecule has 0 unspecified atom stereocenters. The van der Waals surface area contributed by atoms with Gasteiger partial charge in [0, 0.05) is 18.7 Å². The highest BCUT2D eigenvalue weighted by molar-refractivity contribution is 7.89. The zero-order valence-electron chi connectivity index (χ0n) is 12.4. The summed E-state index contributed by atoms with van der Waals surface area (Å²) in [6.45, 7) is 8.33. The summed E-state index contributed by atoms with van der Waals surface area (Å²) >= 11 is 0. The Morgan fingerprint density at radius 1 is 1.38 bits per heavy atom. The molecule has 0 bridgehead atoms. The van der Waals surface area contributed by atoms with Crippen molar-refractivity contribution < 1.29 is 13.2 Å². The molecule has 0 heterocycles. The number of carbonyl (C=O) groups excluding carboxylic acids is 1. The fraction of sp³-hybridized carbons (Fsp3) is 0.400. The van der Waals surface area contributed by atoms with Gasteiger partial charge in [-0.05, 0) is 30.5 Å². The van der Waals surface area contributed by atoms with Crippen LogP contribution >= 0.6 is 0 Å². The van der Waals surface area contributed by atoms with E-state index in [0.717, 1.165) is 6.42 Å². The van der Waals surface area contributed by atoms with E-state index in [1.54, 1.807) is 12.1 Å². The number of hydrogen-bond acceptors (Lipinski definition) is 3. The summed E-state index contributed by atoms with van der Waals surface area (Å²) in [7, 11) is -3.61. The van der Waals surface area contributed by atoms with Crippen LogP contribution < -0.4 is 10.0 Å². The maximum Gasteiger partial charge on any atom is 0.251 e. The first-order valence-corrected chi connectivity index (χ1v) is 8.34. The largest absolute Gasteiger partial charge is 0.352 e. The normalized spacial score (nSPS) is 11.4. The minimum absolute atomic E-state index is 0.0702. The van der Waals surface area contributed by atoms with E-state index < -0.39 is 10.0 Å². The number of nitrogens with one attached hydrogen (secondary N) is 2. The molecule has 116 valence electrons. The van der Waals surface area contributed by atoms with Crippen molar-refractivity contribution in [2.75, 3.05) is 13.1 Å². The number of hydrogen-bond donors (Lipinski definition) is 2. The van der Waals surface area contributed by atoms with E-state index in [0.29, 0.717) is 18.0 Å². The maximum absolute atomic E-state index is 12.0. The Bertz CT molecular complexity index is 595. The minimum atomic E-state index is -3.61. The SMILES string of the molecule is C=CCNS(=O)(=O)c1cccc(C(=O)NCCC(C)C)c1. The summed E-state index contributed by atoms with van der Waals surface area (Å²) in [5.41, 5.74) is 0.334. The lowest BCUT2D eigenvalue weighted by atomic mass is 10.1. The van der Waals surface area contributed by atoms with Crippen molar-refractivity contribution in [3.05, 3.63) is 42.5 Å². The van der Waals surface area contributed by atoms with Crippen LogP contribution in [0, 0.1) is 5.92 Å². The molecule has 0 saturated carbocycles. The van der Waals surface area contributed by atoms with Crippen molar-refractivity contribution in [3.63, 3.8) is 0 Å². The van der Waals surface area contributed by atoms with Crippen LogP contribution in [0.2, 0.25) is 0 Å². The fourth-order valence-electron chi connectivity index (χ4n) is 1.63. The third kappa shape index (κ3) is 5.69. The second-order valence-corrected chi connectivity index (χ2v) is 6.87. The Labute approximate surface area is 126 Å². The number of sulfonamides is 1. The highest BCUT2D eigenvalue weighted by atomic mass is 32.2. The summed E-state index contributed by atoms with van der Waals surface area (Å²) in [6, 6.07) is 5.98. The van der Waals surface area contributed by atoms with E-state index in [1.807, 2.05) is 0 Å². The lowest BCUT2D eigenvalue weighted by molar-refractivity contribution is 0.0952. The molecule has 0 atom stereocenters. The van der Waals surface area contributed by atoms with Crippen molar-refractivity contribution in [2.24, 2.45) is 5.92 Å². The molecule has 5 nitrogen and oxygen atoms in total. The number of amides is 1. The van der Waals surface area contributed by atoms with Crippen molar-refractivity contribution in [3.8, 4) is 0 Å². The zero-order chi connectivity index (χ0) is 15.9. The van der Waals surface area contributed by atoms with Gasteiger partial charge in [-0.1, -0.05) is 26.0 Å². The molecule has 1 amide bonds. The van der Waals surface area contributed by atoms with Gasteiger partial charge >= 0.3 is 0 Å². The van der Waals surface area contributed by atoms with Crippen molar-refractivity contribution >= 4 is 15.9 Å². The zero-order valence-corrected chi connectivity index (χ0v) is 13.2. The molecule has 21 heavy (non-hydrogen) atoms. The van der Waals surface area contributed by atoms with Gasteiger partial charge in [-0.3, -0.25) is 4.79 Å². The standard InChI is InChI=1S/C15H22N2O3S/c1-4-9-17-21(19,20)14-7-5-6-13(11-14)15(18)16-10-8-12(2)3/h4-7,11-12,17H,1,8-10H2,2-3H3,(H,16,18). The molecule has 1 aromatic carbocycles. The van der Waals surface area contributed by atoms with Gasteiger partial charge in [0.2, 0.25) is 10.0 Å². The molecule has 0 aliphatic carbocycles. The molecule has 0 fully saturated rings. The molecular formula is C15H22N2O3S. The summed E-state index contributed by atoms with van der Waals surface area (Å²) in [6.07, 6.45) is 2.34. The smallest absolute Gasteiger partial charge is 0.251 e. The van der Waals surface area contributed by atoms with Gasteiger partial charge in [0.05, 0.1) is 4.90 Å². The van der Waals surface area contributed by atoms with Crippen molar-refractivity contribution in [2.45, 2.75) is 25.2 Å². The molecular weight excluding hydrogens is 288 g/mol. The van der Waals surface area contributed by atoms with Crippen LogP contribution in [-0.4, -0.2) is 27.4 Å². The van der Waals surface area contributed by atoms with Gasteiger partial charge in [0.25, 0.3) is 5.91 Å². The highest BCUT2D eigenvalue weighted by Crippen LogP contribution is 2.11. The van der Waals surface area contributed by atoms with Crippen LogP contribution in [0.3, 0.4) is 0 Å². The highest BCUT2D eigenvalue weighted by Gasteiger charge is 2.15. The molecule has 0 radical (unpaired) electrons. The van der Waals surface area contributed by atoms with Crippen LogP contribution in [0.4, 0.5) is 0 Å². The van der Waals surface area contributed by atoms with Crippen LogP contribution in [0.1, 0.15) is 30.6 Å². The van der Waals surface area contributed by atoms with E-state index >= 15 is 0 Å². The fourth-order valence-corrected chi connectivity index (χ4v) is 2.68. The van der Waals surface area contributed by atoms with E-state index in [4.69, 9.17) is 0 Å².